The molecule has 3 aromatic rings. The van der Waals surface area contributed by atoms with Crippen LogP contribution in [0.2, 0.25) is 5.02 Å². The Labute approximate surface area is 175 Å². The van der Waals surface area contributed by atoms with Gasteiger partial charge in [-0.2, -0.15) is 5.10 Å². The van der Waals surface area contributed by atoms with Gasteiger partial charge in [0.05, 0.1) is 16.2 Å². The zero-order valence-corrected chi connectivity index (χ0v) is 16.3. The number of carbonyl (C=O) groups excluding carboxylic acids is 2. The molecule has 0 fully saturated rings. The van der Waals surface area contributed by atoms with E-state index in [1.807, 2.05) is 0 Å². The van der Waals surface area contributed by atoms with Gasteiger partial charge in [-0.05, 0) is 42.5 Å². The fraction of sp³-hybridized carbons (Fsp3) is 0.0500. The van der Waals surface area contributed by atoms with Gasteiger partial charge in [-0.3, -0.25) is 19.7 Å². The van der Waals surface area contributed by atoms with E-state index in [9.17, 15) is 19.7 Å². The third-order valence-electron chi connectivity index (χ3n) is 3.88. The van der Waals surface area contributed by atoms with Gasteiger partial charge in [0.15, 0.2) is 0 Å². The van der Waals surface area contributed by atoms with Crippen molar-refractivity contribution < 1.29 is 18.9 Å². The number of rotatable bonds is 6. The molecule has 0 saturated heterocycles. The molecule has 10 heteroatoms. The summed E-state index contributed by atoms with van der Waals surface area (Å²) in [4.78, 5) is 33.4. The first-order valence-corrected chi connectivity index (χ1v) is 8.96. The van der Waals surface area contributed by atoms with Gasteiger partial charge in [-0.15, -0.1) is 0 Å². The zero-order valence-electron chi connectivity index (χ0n) is 15.6. The van der Waals surface area contributed by atoms with Crippen LogP contribution < -0.4 is 10.7 Å². The van der Waals surface area contributed by atoms with Gasteiger partial charge in [0.25, 0.3) is 11.6 Å². The van der Waals surface area contributed by atoms with Crippen LogP contribution in [0.1, 0.15) is 23.0 Å². The van der Waals surface area contributed by atoms with Crippen LogP contribution in [0.5, 0.6) is 0 Å². The largest absolute Gasteiger partial charge is 0.455 e. The fourth-order valence-electron chi connectivity index (χ4n) is 2.51. The van der Waals surface area contributed by atoms with E-state index in [0.29, 0.717) is 28.3 Å². The summed E-state index contributed by atoms with van der Waals surface area (Å²) in [5.41, 5.74) is 3.68. The van der Waals surface area contributed by atoms with Gasteiger partial charge in [0.2, 0.25) is 5.91 Å². The van der Waals surface area contributed by atoms with Crippen LogP contribution in [0.15, 0.2) is 64.1 Å². The van der Waals surface area contributed by atoms with Crippen molar-refractivity contribution in [1.29, 1.82) is 0 Å². The van der Waals surface area contributed by atoms with Crippen molar-refractivity contribution in [2.24, 2.45) is 5.10 Å². The monoisotopic (exact) mass is 426 g/mol. The lowest BCUT2D eigenvalue weighted by Crippen LogP contribution is -2.17. The predicted octanol–water partition coefficient (Wildman–Crippen LogP) is 4.23. The minimum Gasteiger partial charge on any atom is -0.455 e. The summed E-state index contributed by atoms with van der Waals surface area (Å²) < 4.78 is 5.60. The maximum Gasteiger partial charge on any atom is 0.271 e. The zero-order chi connectivity index (χ0) is 21.7. The van der Waals surface area contributed by atoms with Gasteiger partial charge in [0, 0.05) is 35.9 Å². The molecule has 2 N–H and O–H groups in total. The summed E-state index contributed by atoms with van der Waals surface area (Å²) in [6.45, 7) is 1.39. The van der Waals surface area contributed by atoms with Crippen LogP contribution in [0.3, 0.4) is 0 Å². The van der Waals surface area contributed by atoms with Gasteiger partial charge in [-0.25, -0.2) is 5.43 Å². The summed E-state index contributed by atoms with van der Waals surface area (Å²) in [6.07, 6.45) is 1.31. The molecule has 0 aliphatic carbocycles. The van der Waals surface area contributed by atoms with E-state index < -0.39 is 10.8 Å². The number of non-ortho nitro benzene ring substituents is 1. The second-order valence-electron chi connectivity index (χ2n) is 6.08. The van der Waals surface area contributed by atoms with Crippen LogP contribution in [0.25, 0.3) is 11.3 Å². The number of nitro benzene ring substituents is 1. The van der Waals surface area contributed by atoms with E-state index in [0.717, 1.165) is 0 Å². The standard InChI is InChI=1S/C20H15ClN4O5/c1-12(26)23-14-4-2-13(3-5-14)20(27)24-22-11-16-7-9-19(30-16)17-8-6-15(25(28)29)10-18(17)21/h2-11H,1H3,(H,23,26)(H,24,27). The van der Waals surface area contributed by atoms with E-state index in [-0.39, 0.29) is 16.6 Å². The first-order valence-electron chi connectivity index (χ1n) is 8.58. The van der Waals surface area contributed by atoms with E-state index in [1.54, 1.807) is 36.4 Å². The van der Waals surface area contributed by atoms with Crippen LogP contribution >= 0.6 is 11.6 Å². The van der Waals surface area contributed by atoms with Gasteiger partial charge < -0.3 is 9.73 Å². The number of amides is 2. The highest BCUT2D eigenvalue weighted by atomic mass is 35.5. The van der Waals surface area contributed by atoms with Crippen molar-refractivity contribution in [3.8, 4) is 11.3 Å². The number of nitro groups is 1. The Hall–Kier alpha value is -3.98. The number of anilines is 1. The third kappa shape index (κ3) is 5.09. The number of carbonyl (C=O) groups is 2. The number of hydrogen-bond donors (Lipinski definition) is 2. The topological polar surface area (TPSA) is 127 Å². The SMILES string of the molecule is CC(=O)Nc1ccc(C(=O)NN=Cc2ccc(-c3ccc([N+](=O)[O-])cc3Cl)o2)cc1. The number of halogens is 1. The van der Waals surface area contributed by atoms with E-state index >= 15 is 0 Å². The second-order valence-corrected chi connectivity index (χ2v) is 6.49. The Balaban J connectivity index is 1.64. The average Bonchev–Trinajstić information content (AvgIpc) is 3.16. The van der Waals surface area contributed by atoms with Crippen LogP contribution in [0, 0.1) is 10.1 Å². The Kier molecular flexibility index (Phi) is 6.23. The van der Waals surface area contributed by atoms with Crippen LogP contribution in [-0.4, -0.2) is 23.0 Å². The molecule has 0 atom stereocenters. The summed E-state index contributed by atoms with van der Waals surface area (Å²) >= 11 is 6.09. The van der Waals surface area contributed by atoms with Gasteiger partial charge in [-0.1, -0.05) is 11.6 Å². The van der Waals surface area contributed by atoms with E-state index in [2.05, 4.69) is 15.8 Å². The lowest BCUT2D eigenvalue weighted by atomic mass is 10.1. The molecule has 9 nitrogen and oxygen atoms in total. The summed E-state index contributed by atoms with van der Waals surface area (Å²) in [5.74, 6) is 0.104. The highest BCUT2D eigenvalue weighted by Gasteiger charge is 2.13. The molecule has 2 aromatic carbocycles. The Morgan fingerprint density at radius 1 is 1.13 bits per heavy atom. The molecule has 152 valence electrons. The molecule has 0 spiro atoms. The maximum absolute atomic E-state index is 12.1. The summed E-state index contributed by atoms with van der Waals surface area (Å²) in [5, 5.41) is 17.4. The van der Waals surface area contributed by atoms with Crippen molar-refractivity contribution in [3.05, 3.63) is 81.1 Å². The fourth-order valence-corrected chi connectivity index (χ4v) is 2.78. The molecule has 0 aliphatic rings. The lowest BCUT2D eigenvalue weighted by Gasteiger charge is -2.03. The molecular weight excluding hydrogens is 412 g/mol. The quantitative estimate of drug-likeness (QED) is 0.346. The molecule has 0 saturated carbocycles. The molecule has 1 aromatic heterocycles. The smallest absolute Gasteiger partial charge is 0.271 e. The van der Waals surface area contributed by atoms with Crippen molar-refractivity contribution in [2.75, 3.05) is 5.32 Å². The minimum atomic E-state index is -0.536. The molecule has 30 heavy (non-hydrogen) atoms. The minimum absolute atomic E-state index is 0.120. The number of nitrogens with one attached hydrogen (secondary N) is 2. The normalized spacial score (nSPS) is 10.7. The van der Waals surface area contributed by atoms with Crippen molar-refractivity contribution in [1.82, 2.24) is 5.43 Å². The number of benzene rings is 2. The van der Waals surface area contributed by atoms with Crippen LogP contribution in [0.4, 0.5) is 11.4 Å². The molecule has 1 heterocycles. The summed E-state index contributed by atoms with van der Waals surface area (Å²) in [6, 6.07) is 13.6. The molecule has 3 rings (SSSR count). The number of furan rings is 1. The molecule has 0 bridgehead atoms. The van der Waals surface area contributed by atoms with Crippen molar-refractivity contribution >= 4 is 41.0 Å². The number of hydrogen-bond acceptors (Lipinski definition) is 6. The predicted molar refractivity (Wildman–Crippen MR) is 112 cm³/mol. The van der Waals surface area contributed by atoms with Crippen molar-refractivity contribution in [2.45, 2.75) is 6.92 Å². The van der Waals surface area contributed by atoms with Crippen molar-refractivity contribution in [3.63, 3.8) is 0 Å². The Bertz CT molecular complexity index is 1140. The first-order chi connectivity index (χ1) is 14.3. The molecule has 2 amide bonds. The highest BCUT2D eigenvalue weighted by Crippen LogP contribution is 2.32. The van der Waals surface area contributed by atoms with E-state index in [4.69, 9.17) is 16.0 Å². The molecular formula is C20H15ClN4O5. The molecule has 0 aliphatic heterocycles. The highest BCUT2D eigenvalue weighted by molar-refractivity contribution is 6.33. The Morgan fingerprint density at radius 3 is 2.50 bits per heavy atom. The number of nitrogens with zero attached hydrogens (tertiary/aromatic N) is 2. The second kappa shape index (κ2) is 9.01. The third-order valence-corrected chi connectivity index (χ3v) is 4.19. The molecule has 0 radical (unpaired) electrons. The van der Waals surface area contributed by atoms with Gasteiger partial charge in [0.1, 0.15) is 11.5 Å². The molecule has 0 unspecified atom stereocenters. The van der Waals surface area contributed by atoms with Gasteiger partial charge >= 0.3 is 0 Å². The van der Waals surface area contributed by atoms with E-state index in [1.165, 1.54) is 31.3 Å². The average molecular weight is 427 g/mol. The number of hydrazone groups is 1. The first kappa shape index (κ1) is 20.7. The summed E-state index contributed by atoms with van der Waals surface area (Å²) in [7, 11) is 0. The Morgan fingerprint density at radius 2 is 1.87 bits per heavy atom. The maximum atomic E-state index is 12.1. The van der Waals surface area contributed by atoms with Crippen LogP contribution in [-0.2, 0) is 4.79 Å². The lowest BCUT2D eigenvalue weighted by molar-refractivity contribution is -0.384.